The molecule has 1 aliphatic rings. The first-order valence-electron chi connectivity index (χ1n) is 4.45. The van der Waals surface area contributed by atoms with Gasteiger partial charge in [0, 0.05) is 10.2 Å². The number of pyridine rings is 1. The van der Waals surface area contributed by atoms with Crippen LogP contribution in [0.2, 0.25) is 0 Å². The van der Waals surface area contributed by atoms with Crippen LogP contribution in [0.1, 0.15) is 34.6 Å². The van der Waals surface area contributed by atoms with Crippen LogP contribution < -0.4 is 0 Å². The first kappa shape index (κ1) is 8.88. The summed E-state index contributed by atoms with van der Waals surface area (Å²) in [6.07, 6.45) is 5.32. The van der Waals surface area contributed by atoms with Gasteiger partial charge in [-0.2, -0.15) is 0 Å². The van der Waals surface area contributed by atoms with Crippen LogP contribution in [0, 0.1) is 0 Å². The molecular weight excluding hydrogens is 230 g/mol. The Labute approximate surface area is 85.5 Å². The van der Waals surface area contributed by atoms with Crippen molar-refractivity contribution in [2.75, 3.05) is 0 Å². The molecule has 3 heteroatoms. The molecule has 0 aliphatic heterocycles. The van der Waals surface area contributed by atoms with Crippen LogP contribution in [-0.2, 0) is 12.8 Å². The fourth-order valence-corrected chi connectivity index (χ4v) is 2.40. The number of halogens is 1. The largest absolute Gasteiger partial charge is 0.296 e. The van der Waals surface area contributed by atoms with E-state index in [9.17, 15) is 4.79 Å². The highest BCUT2D eigenvalue weighted by molar-refractivity contribution is 9.10. The lowest BCUT2D eigenvalue weighted by molar-refractivity contribution is 0.111. The van der Waals surface area contributed by atoms with Gasteiger partial charge in [-0.15, -0.1) is 0 Å². The maximum atomic E-state index is 10.6. The van der Waals surface area contributed by atoms with E-state index in [2.05, 4.69) is 20.9 Å². The first-order chi connectivity index (χ1) is 6.31. The molecule has 13 heavy (non-hydrogen) atoms. The number of nitrogens with zero attached hydrogens (tertiary/aromatic N) is 1. The quantitative estimate of drug-likeness (QED) is 0.706. The predicted molar refractivity (Wildman–Crippen MR) is 54.0 cm³/mol. The molecule has 2 nitrogen and oxygen atoms in total. The second-order valence-corrected chi connectivity index (χ2v) is 4.13. The van der Waals surface area contributed by atoms with Gasteiger partial charge in [-0.3, -0.25) is 4.79 Å². The minimum Gasteiger partial charge on any atom is -0.296 e. The van der Waals surface area contributed by atoms with E-state index < -0.39 is 0 Å². The Bertz CT molecular complexity index is 349. The van der Waals surface area contributed by atoms with Gasteiger partial charge < -0.3 is 0 Å². The molecule has 0 aromatic carbocycles. The zero-order chi connectivity index (χ0) is 9.26. The molecule has 0 bridgehead atoms. The number of carbonyl (C=O) groups excluding carboxylic acids is 1. The van der Waals surface area contributed by atoms with Gasteiger partial charge in [0.1, 0.15) is 5.69 Å². The molecule has 0 radical (unpaired) electrons. The molecule has 0 spiro atoms. The maximum absolute atomic E-state index is 10.6. The molecular formula is C10H10BrNO. The van der Waals surface area contributed by atoms with E-state index in [0.29, 0.717) is 5.69 Å². The molecule has 1 aromatic heterocycles. The Hall–Kier alpha value is -0.700. The summed E-state index contributed by atoms with van der Waals surface area (Å²) < 4.78 is 1.04. The summed E-state index contributed by atoms with van der Waals surface area (Å²) in [5, 5.41) is 0. The number of rotatable bonds is 1. The van der Waals surface area contributed by atoms with Gasteiger partial charge in [0.2, 0.25) is 0 Å². The molecule has 1 heterocycles. The standard InChI is InChI=1S/C10H10BrNO/c11-9-5-7(6-13)12-10-4-2-1-3-8(9)10/h5-6H,1-4H2. The Morgan fingerprint density at radius 3 is 2.92 bits per heavy atom. The van der Waals surface area contributed by atoms with Gasteiger partial charge in [0.15, 0.2) is 6.29 Å². The molecule has 0 amide bonds. The van der Waals surface area contributed by atoms with Crippen molar-refractivity contribution in [1.82, 2.24) is 4.98 Å². The minimum absolute atomic E-state index is 0.535. The summed E-state index contributed by atoms with van der Waals surface area (Å²) >= 11 is 3.47. The Kier molecular flexibility index (Phi) is 2.44. The van der Waals surface area contributed by atoms with Crippen molar-refractivity contribution in [2.24, 2.45) is 0 Å². The van der Waals surface area contributed by atoms with Gasteiger partial charge in [-0.05, 0) is 37.3 Å². The lowest BCUT2D eigenvalue weighted by atomic mass is 9.96. The van der Waals surface area contributed by atoms with Crippen molar-refractivity contribution >= 4 is 22.2 Å². The average molecular weight is 240 g/mol. The highest BCUT2D eigenvalue weighted by Crippen LogP contribution is 2.27. The Balaban J connectivity index is 2.52. The molecule has 0 saturated carbocycles. The molecule has 0 unspecified atom stereocenters. The Morgan fingerprint density at radius 2 is 2.15 bits per heavy atom. The van der Waals surface area contributed by atoms with Gasteiger partial charge in [0.05, 0.1) is 0 Å². The number of hydrogen-bond acceptors (Lipinski definition) is 2. The van der Waals surface area contributed by atoms with Crippen LogP contribution in [0.5, 0.6) is 0 Å². The maximum Gasteiger partial charge on any atom is 0.168 e. The molecule has 0 fully saturated rings. The van der Waals surface area contributed by atoms with E-state index in [0.717, 1.165) is 29.3 Å². The van der Waals surface area contributed by atoms with Crippen molar-refractivity contribution in [3.8, 4) is 0 Å². The zero-order valence-corrected chi connectivity index (χ0v) is 8.80. The van der Waals surface area contributed by atoms with E-state index >= 15 is 0 Å². The van der Waals surface area contributed by atoms with Crippen LogP contribution in [0.3, 0.4) is 0 Å². The fraction of sp³-hybridized carbons (Fsp3) is 0.400. The second-order valence-electron chi connectivity index (χ2n) is 3.28. The van der Waals surface area contributed by atoms with Crippen molar-refractivity contribution < 1.29 is 4.79 Å². The van der Waals surface area contributed by atoms with Crippen molar-refractivity contribution in [2.45, 2.75) is 25.7 Å². The normalized spacial score (nSPS) is 15.2. The van der Waals surface area contributed by atoms with Crippen LogP contribution in [-0.4, -0.2) is 11.3 Å². The van der Waals surface area contributed by atoms with Crippen molar-refractivity contribution in [1.29, 1.82) is 0 Å². The molecule has 68 valence electrons. The summed E-state index contributed by atoms with van der Waals surface area (Å²) in [5.41, 5.74) is 2.92. The number of aldehydes is 1. The van der Waals surface area contributed by atoms with Gasteiger partial charge in [0.25, 0.3) is 0 Å². The van der Waals surface area contributed by atoms with E-state index in [1.165, 1.54) is 18.4 Å². The monoisotopic (exact) mass is 239 g/mol. The predicted octanol–water partition coefficient (Wildman–Crippen LogP) is 2.54. The van der Waals surface area contributed by atoms with Crippen molar-refractivity contribution in [3.63, 3.8) is 0 Å². The van der Waals surface area contributed by atoms with Gasteiger partial charge >= 0.3 is 0 Å². The van der Waals surface area contributed by atoms with Crippen molar-refractivity contribution in [3.05, 3.63) is 27.5 Å². The highest BCUT2D eigenvalue weighted by atomic mass is 79.9. The number of fused-ring (bicyclic) bond motifs is 1. The molecule has 0 atom stereocenters. The third-order valence-corrected chi connectivity index (χ3v) is 3.09. The van der Waals surface area contributed by atoms with Crippen LogP contribution in [0.4, 0.5) is 0 Å². The zero-order valence-electron chi connectivity index (χ0n) is 7.22. The second kappa shape index (κ2) is 3.58. The van der Waals surface area contributed by atoms with E-state index in [4.69, 9.17) is 0 Å². The number of aryl methyl sites for hydroxylation is 1. The van der Waals surface area contributed by atoms with Crippen LogP contribution in [0.15, 0.2) is 10.5 Å². The number of hydrogen-bond donors (Lipinski definition) is 0. The summed E-state index contributed by atoms with van der Waals surface area (Å²) in [7, 11) is 0. The Morgan fingerprint density at radius 1 is 1.38 bits per heavy atom. The number of carbonyl (C=O) groups is 1. The fourth-order valence-electron chi connectivity index (χ4n) is 1.74. The summed E-state index contributed by atoms with van der Waals surface area (Å²) in [5.74, 6) is 0. The lowest BCUT2D eigenvalue weighted by Crippen LogP contribution is -2.07. The molecule has 1 aromatic rings. The van der Waals surface area contributed by atoms with E-state index in [1.807, 2.05) is 0 Å². The highest BCUT2D eigenvalue weighted by Gasteiger charge is 2.14. The van der Waals surface area contributed by atoms with Gasteiger partial charge in [-0.25, -0.2) is 4.98 Å². The molecule has 0 N–H and O–H groups in total. The lowest BCUT2D eigenvalue weighted by Gasteiger charge is -2.16. The summed E-state index contributed by atoms with van der Waals surface area (Å²) in [4.78, 5) is 14.9. The molecule has 1 aliphatic carbocycles. The first-order valence-corrected chi connectivity index (χ1v) is 5.24. The topological polar surface area (TPSA) is 30.0 Å². The van der Waals surface area contributed by atoms with E-state index in [1.54, 1.807) is 6.07 Å². The third-order valence-electron chi connectivity index (χ3n) is 2.39. The molecule has 0 saturated heterocycles. The van der Waals surface area contributed by atoms with Crippen LogP contribution in [0.25, 0.3) is 0 Å². The SMILES string of the molecule is O=Cc1cc(Br)c2c(n1)CCCC2. The average Bonchev–Trinajstić information content (AvgIpc) is 2.18. The summed E-state index contributed by atoms with van der Waals surface area (Å²) in [6, 6.07) is 1.80. The minimum atomic E-state index is 0.535. The summed E-state index contributed by atoms with van der Waals surface area (Å²) in [6.45, 7) is 0. The third kappa shape index (κ3) is 1.66. The van der Waals surface area contributed by atoms with Gasteiger partial charge in [-0.1, -0.05) is 15.9 Å². The molecule has 2 rings (SSSR count). The number of aromatic nitrogens is 1. The smallest absolute Gasteiger partial charge is 0.168 e. The van der Waals surface area contributed by atoms with Crippen LogP contribution >= 0.6 is 15.9 Å². The van der Waals surface area contributed by atoms with E-state index in [-0.39, 0.29) is 0 Å².